The van der Waals surface area contributed by atoms with E-state index in [1.54, 1.807) is 4.90 Å². The molecule has 2 aromatic rings. The van der Waals surface area contributed by atoms with Crippen LogP contribution in [0.3, 0.4) is 0 Å². The molecule has 0 aliphatic heterocycles. The summed E-state index contributed by atoms with van der Waals surface area (Å²) < 4.78 is 1.98. The molecule has 0 saturated carbocycles. The van der Waals surface area contributed by atoms with E-state index >= 15 is 0 Å². The fraction of sp³-hybridized carbons (Fsp3) is 0.611. The van der Waals surface area contributed by atoms with Crippen molar-refractivity contribution in [1.82, 2.24) is 20.0 Å². The molecule has 2 rings (SSSR count). The molecule has 6 nitrogen and oxygen atoms in total. The molecule has 0 fully saturated rings. The molecule has 0 radical (unpaired) electrons. The Morgan fingerprint density at radius 3 is 2.56 bits per heavy atom. The van der Waals surface area contributed by atoms with Crippen molar-refractivity contribution in [2.45, 2.75) is 54.1 Å². The number of amides is 2. The van der Waals surface area contributed by atoms with Gasteiger partial charge >= 0.3 is 0 Å². The maximum absolute atomic E-state index is 12.8. The van der Waals surface area contributed by atoms with Crippen LogP contribution in [0, 0.1) is 12.8 Å². The third kappa shape index (κ3) is 4.60. The molecule has 138 valence electrons. The van der Waals surface area contributed by atoms with Gasteiger partial charge in [-0.2, -0.15) is 5.10 Å². The molecule has 0 atom stereocenters. The first-order valence-electron chi connectivity index (χ1n) is 8.78. The van der Waals surface area contributed by atoms with Gasteiger partial charge in [0.25, 0.3) is 5.91 Å². The molecule has 0 bridgehead atoms. The molecule has 2 heterocycles. The summed E-state index contributed by atoms with van der Waals surface area (Å²) in [5.41, 5.74) is 0.937. The van der Waals surface area contributed by atoms with Crippen molar-refractivity contribution in [3.63, 3.8) is 0 Å². The van der Waals surface area contributed by atoms with Crippen LogP contribution >= 0.6 is 11.3 Å². The Balaban J connectivity index is 2.24. The largest absolute Gasteiger partial charge is 0.352 e. The molecule has 0 unspecified atom stereocenters. The topological polar surface area (TPSA) is 67.2 Å². The number of carbonyl (C=O) groups is 2. The third-order valence-electron chi connectivity index (χ3n) is 3.81. The zero-order valence-electron chi connectivity index (χ0n) is 15.9. The van der Waals surface area contributed by atoms with Gasteiger partial charge in [0.1, 0.15) is 4.83 Å². The van der Waals surface area contributed by atoms with E-state index in [1.807, 2.05) is 38.4 Å². The molecule has 25 heavy (non-hydrogen) atoms. The van der Waals surface area contributed by atoms with Crippen molar-refractivity contribution in [3.05, 3.63) is 16.6 Å². The van der Waals surface area contributed by atoms with E-state index in [0.29, 0.717) is 17.3 Å². The van der Waals surface area contributed by atoms with Crippen LogP contribution in [-0.2, 0) is 11.3 Å². The lowest BCUT2D eigenvalue weighted by molar-refractivity contribution is -0.122. The standard InChI is InChI=1S/C18H28N4O2S/c1-7-21(10-16(23)19-12(4)5)17(24)15-8-14-13(6)20-22(9-11(2)3)18(14)25-15/h8,11-12H,7,9-10H2,1-6H3,(H,19,23). The van der Waals surface area contributed by atoms with Crippen LogP contribution < -0.4 is 5.32 Å². The third-order valence-corrected chi connectivity index (χ3v) is 4.95. The number of carbonyl (C=O) groups excluding carboxylic acids is 2. The smallest absolute Gasteiger partial charge is 0.264 e. The van der Waals surface area contributed by atoms with Crippen molar-refractivity contribution >= 4 is 33.4 Å². The van der Waals surface area contributed by atoms with Crippen molar-refractivity contribution in [1.29, 1.82) is 0 Å². The first kappa shape index (κ1) is 19.4. The normalized spacial score (nSPS) is 11.5. The van der Waals surface area contributed by atoms with Gasteiger partial charge in [-0.1, -0.05) is 13.8 Å². The van der Waals surface area contributed by atoms with E-state index < -0.39 is 0 Å². The second kappa shape index (κ2) is 7.99. The average Bonchev–Trinajstić information content (AvgIpc) is 3.05. The molecule has 0 aliphatic rings. The molecular formula is C18H28N4O2S. The fourth-order valence-corrected chi connectivity index (χ4v) is 3.85. The van der Waals surface area contributed by atoms with E-state index in [0.717, 1.165) is 22.5 Å². The number of thiophene rings is 1. The number of aromatic nitrogens is 2. The van der Waals surface area contributed by atoms with Crippen LogP contribution in [0.5, 0.6) is 0 Å². The Labute approximate surface area is 153 Å². The van der Waals surface area contributed by atoms with Gasteiger partial charge in [-0.3, -0.25) is 14.3 Å². The lowest BCUT2D eigenvalue weighted by Crippen LogP contribution is -2.42. The van der Waals surface area contributed by atoms with Gasteiger partial charge in [-0.25, -0.2) is 0 Å². The van der Waals surface area contributed by atoms with Gasteiger partial charge in [0.15, 0.2) is 0 Å². The number of hydrogen-bond acceptors (Lipinski definition) is 4. The van der Waals surface area contributed by atoms with E-state index in [1.165, 1.54) is 11.3 Å². The molecule has 0 spiro atoms. The summed E-state index contributed by atoms with van der Waals surface area (Å²) in [5, 5.41) is 8.43. The van der Waals surface area contributed by atoms with E-state index in [4.69, 9.17) is 0 Å². The quantitative estimate of drug-likeness (QED) is 0.821. The first-order chi connectivity index (χ1) is 11.7. The Bertz CT molecular complexity index is 761. The second-order valence-electron chi connectivity index (χ2n) is 7.03. The van der Waals surface area contributed by atoms with Gasteiger partial charge in [0.2, 0.25) is 5.91 Å². The van der Waals surface area contributed by atoms with Crippen LogP contribution in [0.15, 0.2) is 6.07 Å². The zero-order valence-corrected chi connectivity index (χ0v) is 16.7. The fourth-order valence-electron chi connectivity index (χ4n) is 2.71. The summed E-state index contributed by atoms with van der Waals surface area (Å²) in [6, 6.07) is 1.97. The molecule has 0 saturated heterocycles. The Morgan fingerprint density at radius 2 is 2.00 bits per heavy atom. The van der Waals surface area contributed by atoms with Gasteiger partial charge in [-0.15, -0.1) is 11.3 Å². The SMILES string of the molecule is CCN(CC(=O)NC(C)C)C(=O)c1cc2c(C)nn(CC(C)C)c2s1. The summed E-state index contributed by atoms with van der Waals surface area (Å²) in [6.07, 6.45) is 0. The predicted molar refractivity (Wildman–Crippen MR) is 102 cm³/mol. The van der Waals surface area contributed by atoms with Crippen LogP contribution in [0.25, 0.3) is 10.2 Å². The highest BCUT2D eigenvalue weighted by atomic mass is 32.1. The van der Waals surface area contributed by atoms with Crippen molar-refractivity contribution in [3.8, 4) is 0 Å². The number of hydrogen-bond donors (Lipinski definition) is 1. The maximum atomic E-state index is 12.8. The summed E-state index contributed by atoms with van der Waals surface area (Å²) in [6.45, 7) is 13.4. The molecule has 1 N–H and O–H groups in total. The Hall–Kier alpha value is -1.89. The number of rotatable bonds is 7. The lowest BCUT2D eigenvalue weighted by atomic mass is 10.2. The average molecular weight is 365 g/mol. The molecular weight excluding hydrogens is 336 g/mol. The minimum Gasteiger partial charge on any atom is -0.352 e. The van der Waals surface area contributed by atoms with Gasteiger partial charge in [-0.05, 0) is 39.7 Å². The van der Waals surface area contributed by atoms with Gasteiger partial charge in [0.05, 0.1) is 17.1 Å². The summed E-state index contributed by atoms with van der Waals surface area (Å²) in [7, 11) is 0. The van der Waals surface area contributed by atoms with Gasteiger partial charge in [0, 0.05) is 24.5 Å². The minimum atomic E-state index is -0.131. The maximum Gasteiger partial charge on any atom is 0.264 e. The predicted octanol–water partition coefficient (Wildman–Crippen LogP) is 3.05. The summed E-state index contributed by atoms with van der Waals surface area (Å²) >= 11 is 1.46. The van der Waals surface area contributed by atoms with E-state index in [-0.39, 0.29) is 24.4 Å². The van der Waals surface area contributed by atoms with Crippen LogP contribution in [0.1, 0.15) is 50.0 Å². The molecule has 7 heteroatoms. The number of nitrogens with zero attached hydrogens (tertiary/aromatic N) is 3. The lowest BCUT2D eigenvalue weighted by Gasteiger charge is -2.20. The van der Waals surface area contributed by atoms with Gasteiger partial charge < -0.3 is 10.2 Å². The van der Waals surface area contributed by atoms with Crippen LogP contribution in [0.4, 0.5) is 0 Å². The number of aryl methyl sites for hydroxylation is 1. The van der Waals surface area contributed by atoms with E-state index in [2.05, 4.69) is 24.3 Å². The molecule has 0 aliphatic carbocycles. The van der Waals surface area contributed by atoms with Crippen molar-refractivity contribution in [2.24, 2.45) is 5.92 Å². The number of nitrogens with one attached hydrogen (secondary N) is 1. The van der Waals surface area contributed by atoms with E-state index in [9.17, 15) is 9.59 Å². The van der Waals surface area contributed by atoms with Crippen LogP contribution in [-0.4, -0.2) is 45.6 Å². The van der Waals surface area contributed by atoms with Crippen molar-refractivity contribution < 1.29 is 9.59 Å². The highest BCUT2D eigenvalue weighted by Gasteiger charge is 2.22. The number of fused-ring (bicyclic) bond motifs is 1. The zero-order chi connectivity index (χ0) is 18.7. The highest BCUT2D eigenvalue weighted by Crippen LogP contribution is 2.29. The highest BCUT2D eigenvalue weighted by molar-refractivity contribution is 7.20. The van der Waals surface area contributed by atoms with Crippen molar-refractivity contribution in [2.75, 3.05) is 13.1 Å². The number of likely N-dealkylation sites (N-methyl/N-ethyl adjacent to an activating group) is 1. The monoisotopic (exact) mass is 364 g/mol. The summed E-state index contributed by atoms with van der Waals surface area (Å²) in [5.74, 6) is 0.252. The summed E-state index contributed by atoms with van der Waals surface area (Å²) in [4.78, 5) is 28.1. The molecule has 0 aromatic carbocycles. The second-order valence-corrected chi connectivity index (χ2v) is 8.06. The Morgan fingerprint density at radius 1 is 1.32 bits per heavy atom. The first-order valence-corrected chi connectivity index (χ1v) is 9.60. The Kier molecular flexibility index (Phi) is 6.21. The molecule has 2 amide bonds. The van der Waals surface area contributed by atoms with Crippen LogP contribution in [0.2, 0.25) is 0 Å². The minimum absolute atomic E-state index is 0.0651. The molecule has 2 aromatic heterocycles.